The van der Waals surface area contributed by atoms with Crippen molar-refractivity contribution < 1.29 is 4.74 Å². The Balaban J connectivity index is 1.59. The van der Waals surface area contributed by atoms with Gasteiger partial charge in [0.2, 0.25) is 0 Å². The van der Waals surface area contributed by atoms with E-state index in [9.17, 15) is 10.1 Å². The van der Waals surface area contributed by atoms with Crippen LogP contribution >= 0.6 is 0 Å². The lowest BCUT2D eigenvalue weighted by Crippen LogP contribution is -2.40. The van der Waals surface area contributed by atoms with E-state index in [1.807, 2.05) is 60.7 Å². The predicted octanol–water partition coefficient (Wildman–Crippen LogP) is 5.65. The van der Waals surface area contributed by atoms with Crippen molar-refractivity contribution in [1.82, 2.24) is 14.5 Å². The number of pyridine rings is 2. The summed E-state index contributed by atoms with van der Waals surface area (Å²) in [5.74, 6) is 0.708. The summed E-state index contributed by atoms with van der Waals surface area (Å²) < 4.78 is 7.89. The average molecular weight is 477 g/mol. The normalized spacial score (nSPS) is 14.7. The number of hydrogen-bond donors (Lipinski definition) is 0. The highest BCUT2D eigenvalue weighted by atomic mass is 16.5. The van der Waals surface area contributed by atoms with E-state index in [2.05, 4.69) is 22.9 Å². The van der Waals surface area contributed by atoms with Crippen LogP contribution in [0.15, 0.2) is 90.0 Å². The minimum atomic E-state index is -0.210. The number of nitriles is 1. The first-order chi connectivity index (χ1) is 17.6. The fourth-order valence-corrected chi connectivity index (χ4v) is 4.72. The molecule has 1 aliphatic rings. The molecule has 36 heavy (non-hydrogen) atoms. The van der Waals surface area contributed by atoms with Crippen LogP contribution in [0.2, 0.25) is 0 Å². The van der Waals surface area contributed by atoms with Crippen LogP contribution in [0.25, 0.3) is 28.1 Å². The van der Waals surface area contributed by atoms with E-state index in [-0.39, 0.29) is 11.8 Å². The van der Waals surface area contributed by atoms with E-state index in [0.717, 1.165) is 24.3 Å². The Bertz CT molecular complexity index is 1450. The largest absolute Gasteiger partial charge is 0.475 e. The molecule has 0 spiro atoms. The summed E-state index contributed by atoms with van der Waals surface area (Å²) in [5, 5.41) is 9.68. The number of ether oxygens (including phenoxy) is 1. The molecule has 6 heteroatoms. The molecule has 1 aliphatic heterocycles. The van der Waals surface area contributed by atoms with Crippen molar-refractivity contribution in [2.45, 2.75) is 32.4 Å². The molecular formula is C30H28N4O2. The Morgan fingerprint density at radius 1 is 0.944 bits per heavy atom. The summed E-state index contributed by atoms with van der Waals surface area (Å²) >= 11 is 0. The third-order valence-electron chi connectivity index (χ3n) is 6.62. The van der Waals surface area contributed by atoms with Gasteiger partial charge in [-0.05, 0) is 56.2 Å². The van der Waals surface area contributed by atoms with Crippen molar-refractivity contribution in [3.05, 3.63) is 101 Å². The van der Waals surface area contributed by atoms with Crippen LogP contribution in [0.5, 0.6) is 5.75 Å². The molecule has 1 unspecified atom stereocenters. The quantitative estimate of drug-likeness (QED) is 0.360. The van der Waals surface area contributed by atoms with Crippen LogP contribution in [0.4, 0.5) is 0 Å². The van der Waals surface area contributed by atoms with Crippen molar-refractivity contribution in [3.8, 4) is 39.9 Å². The lowest BCUT2D eigenvalue weighted by atomic mass is 9.99. The number of hydrogen-bond acceptors (Lipinski definition) is 5. The number of piperidine rings is 1. The first-order valence-corrected chi connectivity index (χ1v) is 12.3. The Morgan fingerprint density at radius 2 is 1.75 bits per heavy atom. The molecule has 0 saturated carbocycles. The monoisotopic (exact) mass is 476 g/mol. The summed E-state index contributed by atoms with van der Waals surface area (Å²) in [6.07, 6.45) is 7.13. The first kappa shape index (κ1) is 23.5. The Hall–Kier alpha value is -4.21. The fourth-order valence-electron chi connectivity index (χ4n) is 4.72. The fraction of sp³-hybridized carbons (Fsp3) is 0.233. The Kier molecular flexibility index (Phi) is 6.92. The molecular weight excluding hydrogens is 448 g/mol. The van der Waals surface area contributed by atoms with Crippen LogP contribution in [0.1, 0.15) is 31.7 Å². The zero-order valence-corrected chi connectivity index (χ0v) is 20.3. The first-order valence-electron chi connectivity index (χ1n) is 12.3. The molecule has 0 amide bonds. The van der Waals surface area contributed by atoms with Gasteiger partial charge < -0.3 is 4.74 Å². The zero-order valence-electron chi connectivity index (χ0n) is 20.3. The van der Waals surface area contributed by atoms with Gasteiger partial charge in [-0.15, -0.1) is 0 Å². The van der Waals surface area contributed by atoms with Gasteiger partial charge in [0.1, 0.15) is 12.0 Å². The van der Waals surface area contributed by atoms with Gasteiger partial charge >= 0.3 is 0 Å². The highest BCUT2D eigenvalue weighted by Crippen LogP contribution is 2.27. The van der Waals surface area contributed by atoms with Crippen LogP contribution < -0.4 is 10.3 Å². The standard InChI is InChI=1S/C30H28N4O2/c1-22(33-16-7-2-8-17-33)36-26-12-9-11-25(19-26)34-21-24(29-14-5-6-15-32-29)18-28(30(34)35)27-13-4-3-10-23(27)20-31/h3-6,9-15,18-19,21-22H,2,7-8,16-17H2,1H3. The molecule has 2 aromatic carbocycles. The molecule has 0 N–H and O–H groups in total. The van der Waals surface area contributed by atoms with E-state index < -0.39 is 0 Å². The maximum Gasteiger partial charge on any atom is 0.263 e. The minimum absolute atomic E-state index is 0.0461. The lowest BCUT2D eigenvalue weighted by Gasteiger charge is -2.32. The SMILES string of the molecule is CC(Oc1cccc(-n2cc(-c3ccccn3)cc(-c3ccccc3C#N)c2=O)c1)N1CCCCC1. The molecule has 3 heterocycles. The number of aromatic nitrogens is 2. The molecule has 1 saturated heterocycles. The zero-order chi connectivity index (χ0) is 24.9. The van der Waals surface area contributed by atoms with Crippen molar-refractivity contribution in [2.75, 3.05) is 13.1 Å². The molecule has 0 aliphatic carbocycles. The second-order valence-corrected chi connectivity index (χ2v) is 9.00. The van der Waals surface area contributed by atoms with Crippen LogP contribution in [0.3, 0.4) is 0 Å². The molecule has 2 aromatic heterocycles. The molecule has 0 radical (unpaired) electrons. The minimum Gasteiger partial charge on any atom is -0.475 e. The number of benzene rings is 2. The molecule has 1 fully saturated rings. The Labute approximate surface area is 211 Å². The number of likely N-dealkylation sites (tertiary alicyclic amines) is 1. The van der Waals surface area contributed by atoms with Gasteiger partial charge in [-0.25, -0.2) is 0 Å². The highest BCUT2D eigenvalue weighted by molar-refractivity contribution is 5.75. The van der Waals surface area contributed by atoms with Gasteiger partial charge in [0.05, 0.1) is 23.0 Å². The molecule has 0 bridgehead atoms. The van der Waals surface area contributed by atoms with Gasteiger partial charge in [-0.2, -0.15) is 5.26 Å². The van der Waals surface area contributed by atoms with E-state index in [1.54, 1.807) is 29.1 Å². The van der Waals surface area contributed by atoms with Gasteiger partial charge in [-0.1, -0.05) is 36.8 Å². The van der Waals surface area contributed by atoms with E-state index in [1.165, 1.54) is 19.3 Å². The second-order valence-electron chi connectivity index (χ2n) is 9.00. The average Bonchev–Trinajstić information content (AvgIpc) is 2.94. The summed E-state index contributed by atoms with van der Waals surface area (Å²) in [7, 11) is 0. The highest BCUT2D eigenvalue weighted by Gasteiger charge is 2.19. The topological polar surface area (TPSA) is 71.1 Å². The van der Waals surface area contributed by atoms with Crippen LogP contribution in [-0.2, 0) is 0 Å². The molecule has 5 rings (SSSR count). The third-order valence-corrected chi connectivity index (χ3v) is 6.62. The number of nitrogens with zero attached hydrogens (tertiary/aromatic N) is 4. The van der Waals surface area contributed by atoms with Crippen LogP contribution in [-0.4, -0.2) is 33.8 Å². The smallest absolute Gasteiger partial charge is 0.263 e. The predicted molar refractivity (Wildman–Crippen MR) is 141 cm³/mol. The Morgan fingerprint density at radius 3 is 2.53 bits per heavy atom. The second kappa shape index (κ2) is 10.6. The van der Waals surface area contributed by atoms with Crippen molar-refractivity contribution >= 4 is 0 Å². The van der Waals surface area contributed by atoms with Crippen molar-refractivity contribution in [1.29, 1.82) is 5.26 Å². The molecule has 180 valence electrons. The summed E-state index contributed by atoms with van der Waals surface area (Å²) in [6, 6.07) is 24.5. The summed E-state index contributed by atoms with van der Waals surface area (Å²) in [6.45, 7) is 4.14. The summed E-state index contributed by atoms with van der Waals surface area (Å²) in [4.78, 5) is 20.6. The van der Waals surface area contributed by atoms with Gasteiger partial charge in [0, 0.05) is 48.2 Å². The summed E-state index contributed by atoms with van der Waals surface area (Å²) in [5.41, 5.74) is 3.51. The van der Waals surface area contributed by atoms with E-state index in [0.29, 0.717) is 28.1 Å². The van der Waals surface area contributed by atoms with Crippen molar-refractivity contribution in [2.24, 2.45) is 0 Å². The third kappa shape index (κ3) is 4.93. The van der Waals surface area contributed by atoms with Gasteiger partial charge in [0.15, 0.2) is 0 Å². The van der Waals surface area contributed by atoms with Crippen LogP contribution in [0, 0.1) is 11.3 Å². The van der Waals surface area contributed by atoms with E-state index >= 15 is 0 Å². The van der Waals surface area contributed by atoms with E-state index in [4.69, 9.17) is 4.74 Å². The van der Waals surface area contributed by atoms with Gasteiger partial charge in [0.25, 0.3) is 5.56 Å². The maximum atomic E-state index is 13.8. The van der Waals surface area contributed by atoms with Gasteiger partial charge in [-0.3, -0.25) is 19.2 Å². The molecule has 1 atom stereocenters. The maximum absolute atomic E-state index is 13.8. The number of rotatable bonds is 6. The lowest BCUT2D eigenvalue weighted by molar-refractivity contribution is 0.0262. The van der Waals surface area contributed by atoms with Crippen molar-refractivity contribution in [3.63, 3.8) is 0 Å². The molecule has 6 nitrogen and oxygen atoms in total. The molecule has 4 aromatic rings.